The number of aromatic amines is 1. The Balaban J connectivity index is 1.51. The number of aryl methyl sites for hydroxylation is 1. The first kappa shape index (κ1) is 15.8. The van der Waals surface area contributed by atoms with E-state index >= 15 is 0 Å². The van der Waals surface area contributed by atoms with Crippen LogP contribution in [0.1, 0.15) is 25.0 Å². The number of piperidine rings is 1. The molecular weight excluding hydrogens is 288 g/mol. The van der Waals surface area contributed by atoms with Crippen LogP contribution in [-0.2, 0) is 16.0 Å². The molecule has 0 aliphatic carbocycles. The molecule has 1 aliphatic heterocycles. The zero-order valence-electron chi connectivity index (χ0n) is 13.6. The first-order valence-electron chi connectivity index (χ1n) is 8.30. The van der Waals surface area contributed by atoms with Gasteiger partial charge in [0.2, 0.25) is 5.91 Å². The average molecular weight is 312 g/mol. The van der Waals surface area contributed by atoms with E-state index in [2.05, 4.69) is 29.2 Å². The summed E-state index contributed by atoms with van der Waals surface area (Å²) in [5.74, 6) is 0.246. The number of ether oxygens (including phenoxy) is 1. The lowest BCUT2D eigenvalue weighted by atomic mass is 10.1. The molecule has 4 nitrogen and oxygen atoms in total. The monoisotopic (exact) mass is 312 g/mol. The van der Waals surface area contributed by atoms with Crippen LogP contribution in [0, 0.1) is 0 Å². The summed E-state index contributed by atoms with van der Waals surface area (Å²) in [5, 5.41) is 0. The SMILES string of the molecule is COC1CCN(C(=O)CCc2ccc(-c3ccccc3)[nH]2)CC1. The van der Waals surface area contributed by atoms with Gasteiger partial charge in [-0.05, 0) is 37.0 Å². The second-order valence-corrected chi connectivity index (χ2v) is 6.08. The van der Waals surface area contributed by atoms with E-state index in [1.54, 1.807) is 7.11 Å². The van der Waals surface area contributed by atoms with Gasteiger partial charge >= 0.3 is 0 Å². The van der Waals surface area contributed by atoms with Crippen LogP contribution in [0.25, 0.3) is 11.3 Å². The number of benzene rings is 1. The normalized spacial score (nSPS) is 15.8. The molecule has 1 fully saturated rings. The first-order valence-corrected chi connectivity index (χ1v) is 8.30. The average Bonchev–Trinajstić information content (AvgIpc) is 3.09. The summed E-state index contributed by atoms with van der Waals surface area (Å²) in [6.07, 6.45) is 3.53. The maximum Gasteiger partial charge on any atom is 0.222 e. The number of hydrogen-bond acceptors (Lipinski definition) is 2. The van der Waals surface area contributed by atoms with Gasteiger partial charge in [-0.25, -0.2) is 0 Å². The quantitative estimate of drug-likeness (QED) is 0.921. The number of aromatic nitrogens is 1. The van der Waals surface area contributed by atoms with Gasteiger partial charge in [0.15, 0.2) is 0 Å². The van der Waals surface area contributed by atoms with Gasteiger partial charge < -0.3 is 14.6 Å². The van der Waals surface area contributed by atoms with Crippen LogP contribution < -0.4 is 0 Å². The summed E-state index contributed by atoms with van der Waals surface area (Å²) in [5.41, 5.74) is 3.39. The number of methoxy groups -OCH3 is 1. The number of carbonyl (C=O) groups is 1. The van der Waals surface area contributed by atoms with Crippen molar-refractivity contribution in [2.45, 2.75) is 31.8 Å². The molecule has 1 aromatic heterocycles. The Bertz CT molecular complexity index is 628. The number of nitrogens with one attached hydrogen (secondary N) is 1. The zero-order valence-corrected chi connectivity index (χ0v) is 13.6. The minimum atomic E-state index is 0.246. The number of hydrogen-bond donors (Lipinski definition) is 1. The van der Waals surface area contributed by atoms with E-state index < -0.39 is 0 Å². The molecule has 2 heterocycles. The van der Waals surface area contributed by atoms with Crippen molar-refractivity contribution < 1.29 is 9.53 Å². The summed E-state index contributed by atoms with van der Waals surface area (Å²) >= 11 is 0. The molecule has 0 saturated carbocycles. The molecule has 0 atom stereocenters. The Morgan fingerprint density at radius 1 is 1.17 bits per heavy atom. The van der Waals surface area contributed by atoms with Crippen LogP contribution in [-0.4, -0.2) is 42.1 Å². The van der Waals surface area contributed by atoms with E-state index in [-0.39, 0.29) is 5.91 Å². The van der Waals surface area contributed by atoms with Crippen molar-refractivity contribution in [2.24, 2.45) is 0 Å². The van der Waals surface area contributed by atoms with E-state index in [9.17, 15) is 4.79 Å². The number of likely N-dealkylation sites (tertiary alicyclic amines) is 1. The molecule has 3 rings (SSSR count). The lowest BCUT2D eigenvalue weighted by Gasteiger charge is -2.31. The highest BCUT2D eigenvalue weighted by atomic mass is 16.5. The number of rotatable bonds is 5. The predicted octanol–water partition coefficient (Wildman–Crippen LogP) is 3.25. The Labute approximate surface area is 137 Å². The summed E-state index contributed by atoms with van der Waals surface area (Å²) in [7, 11) is 1.75. The molecule has 1 aromatic carbocycles. The molecule has 0 unspecified atom stereocenters. The maximum atomic E-state index is 12.3. The molecule has 4 heteroatoms. The summed E-state index contributed by atoms with van der Waals surface area (Å²) in [6.45, 7) is 1.63. The second kappa shape index (κ2) is 7.47. The van der Waals surface area contributed by atoms with Crippen LogP contribution in [0.4, 0.5) is 0 Å². The van der Waals surface area contributed by atoms with Gasteiger partial charge in [-0.15, -0.1) is 0 Å². The summed E-state index contributed by atoms with van der Waals surface area (Å²) < 4.78 is 5.35. The third-order valence-corrected chi connectivity index (χ3v) is 4.57. The minimum Gasteiger partial charge on any atom is -0.381 e. The Morgan fingerprint density at radius 2 is 1.91 bits per heavy atom. The number of nitrogens with zero attached hydrogens (tertiary/aromatic N) is 1. The fraction of sp³-hybridized carbons (Fsp3) is 0.421. The van der Waals surface area contributed by atoms with Gasteiger partial charge in [0.1, 0.15) is 0 Å². The third-order valence-electron chi connectivity index (χ3n) is 4.57. The number of amides is 1. The molecule has 1 amide bonds. The Kier molecular flexibility index (Phi) is 5.13. The fourth-order valence-corrected chi connectivity index (χ4v) is 3.11. The molecule has 122 valence electrons. The van der Waals surface area contributed by atoms with Gasteiger partial charge in [-0.3, -0.25) is 4.79 Å². The van der Waals surface area contributed by atoms with Crippen LogP contribution in [0.2, 0.25) is 0 Å². The maximum absolute atomic E-state index is 12.3. The van der Waals surface area contributed by atoms with E-state index in [0.29, 0.717) is 12.5 Å². The lowest BCUT2D eigenvalue weighted by Crippen LogP contribution is -2.40. The molecule has 1 aliphatic rings. The lowest BCUT2D eigenvalue weighted by molar-refractivity contribution is -0.133. The highest BCUT2D eigenvalue weighted by molar-refractivity contribution is 5.76. The van der Waals surface area contributed by atoms with Gasteiger partial charge in [0.25, 0.3) is 0 Å². The molecular formula is C19H24N2O2. The summed E-state index contributed by atoms with van der Waals surface area (Å²) in [6, 6.07) is 14.4. The first-order chi connectivity index (χ1) is 11.3. The van der Waals surface area contributed by atoms with Crippen molar-refractivity contribution >= 4 is 5.91 Å². The minimum absolute atomic E-state index is 0.246. The van der Waals surface area contributed by atoms with E-state index in [1.165, 1.54) is 5.56 Å². The second-order valence-electron chi connectivity index (χ2n) is 6.08. The highest BCUT2D eigenvalue weighted by Gasteiger charge is 2.22. The number of H-pyrrole nitrogens is 1. The molecule has 1 saturated heterocycles. The van der Waals surface area contributed by atoms with Crippen molar-refractivity contribution in [1.29, 1.82) is 0 Å². The largest absolute Gasteiger partial charge is 0.381 e. The Hall–Kier alpha value is -2.07. The molecule has 0 spiro atoms. The van der Waals surface area contributed by atoms with Gasteiger partial charge in [-0.2, -0.15) is 0 Å². The molecule has 23 heavy (non-hydrogen) atoms. The van der Waals surface area contributed by atoms with E-state index in [1.807, 2.05) is 23.1 Å². The van der Waals surface area contributed by atoms with Crippen LogP contribution in [0.15, 0.2) is 42.5 Å². The van der Waals surface area contributed by atoms with Crippen molar-refractivity contribution in [1.82, 2.24) is 9.88 Å². The van der Waals surface area contributed by atoms with Crippen LogP contribution >= 0.6 is 0 Å². The van der Waals surface area contributed by atoms with Gasteiger partial charge in [0.05, 0.1) is 6.10 Å². The van der Waals surface area contributed by atoms with Crippen LogP contribution in [0.5, 0.6) is 0 Å². The van der Waals surface area contributed by atoms with E-state index in [4.69, 9.17) is 4.74 Å². The smallest absolute Gasteiger partial charge is 0.222 e. The Morgan fingerprint density at radius 3 is 2.61 bits per heavy atom. The van der Waals surface area contributed by atoms with Crippen LogP contribution in [0.3, 0.4) is 0 Å². The number of carbonyl (C=O) groups excluding carboxylic acids is 1. The van der Waals surface area contributed by atoms with Gasteiger partial charge in [0, 0.05) is 38.0 Å². The van der Waals surface area contributed by atoms with E-state index in [0.717, 1.165) is 43.7 Å². The zero-order chi connectivity index (χ0) is 16.1. The van der Waals surface area contributed by atoms with Crippen molar-refractivity contribution in [2.75, 3.05) is 20.2 Å². The van der Waals surface area contributed by atoms with Crippen molar-refractivity contribution in [3.63, 3.8) is 0 Å². The third kappa shape index (κ3) is 4.02. The van der Waals surface area contributed by atoms with Gasteiger partial charge in [-0.1, -0.05) is 30.3 Å². The van der Waals surface area contributed by atoms with Crippen molar-refractivity contribution in [3.8, 4) is 11.3 Å². The van der Waals surface area contributed by atoms with Crippen molar-refractivity contribution in [3.05, 3.63) is 48.2 Å². The molecule has 0 bridgehead atoms. The molecule has 1 N–H and O–H groups in total. The topological polar surface area (TPSA) is 45.3 Å². The fourth-order valence-electron chi connectivity index (χ4n) is 3.11. The molecule has 0 radical (unpaired) electrons. The highest BCUT2D eigenvalue weighted by Crippen LogP contribution is 2.19. The molecule has 2 aromatic rings. The summed E-state index contributed by atoms with van der Waals surface area (Å²) in [4.78, 5) is 17.7. The predicted molar refractivity (Wildman–Crippen MR) is 91.2 cm³/mol. The standard InChI is InChI=1S/C19H24N2O2/c1-23-17-11-13-21(14-12-17)19(22)10-8-16-7-9-18(20-16)15-5-3-2-4-6-15/h2-7,9,17,20H,8,10-14H2,1H3.